The largest absolute Gasteiger partial charge is 0.497 e. The number of hydrogen-bond donors (Lipinski definition) is 1. The van der Waals surface area contributed by atoms with E-state index in [1.807, 2.05) is 31.3 Å². The smallest absolute Gasteiger partial charge is 0.343 e. The number of aliphatic carboxylic acids is 1. The van der Waals surface area contributed by atoms with Crippen LogP contribution in [0.15, 0.2) is 41.1 Å². The highest BCUT2D eigenvalue weighted by molar-refractivity contribution is 6.22. The molecule has 20 heavy (non-hydrogen) atoms. The molecule has 104 valence electrons. The minimum Gasteiger partial charge on any atom is -0.497 e. The van der Waals surface area contributed by atoms with Gasteiger partial charge in [0.1, 0.15) is 30.3 Å². The van der Waals surface area contributed by atoms with Crippen LogP contribution in [0.2, 0.25) is 0 Å². The van der Waals surface area contributed by atoms with Crippen LogP contribution >= 0.6 is 0 Å². The first kappa shape index (κ1) is 12.9. The maximum Gasteiger partial charge on any atom is 0.343 e. The first-order chi connectivity index (χ1) is 9.53. The highest BCUT2D eigenvalue weighted by atomic mass is 16.5. The third kappa shape index (κ3) is 2.10. The molecule has 1 unspecified atom stereocenters. The molecule has 1 N–H and O–H groups in total. The summed E-state index contributed by atoms with van der Waals surface area (Å²) in [5, 5.41) is 14.0. The Kier molecular flexibility index (Phi) is 2.87. The molecule has 0 radical (unpaired) electrons. The van der Waals surface area contributed by atoms with Crippen LogP contribution in [-0.4, -0.2) is 30.9 Å². The van der Waals surface area contributed by atoms with Crippen LogP contribution in [0.25, 0.3) is 0 Å². The average molecular weight is 273 g/mol. The molecule has 0 spiro atoms. The highest BCUT2D eigenvalue weighted by Crippen LogP contribution is 2.39. The van der Waals surface area contributed by atoms with E-state index in [0.717, 1.165) is 30.0 Å². The number of benzene rings is 1. The van der Waals surface area contributed by atoms with Gasteiger partial charge in [-0.15, -0.1) is 4.59 Å². The number of carboxylic acid groups (broad SMARTS) is 1. The molecule has 5 heteroatoms. The van der Waals surface area contributed by atoms with E-state index in [-0.39, 0.29) is 4.59 Å². The standard InChI is InChI=1S/C15H16N2O3/c1-17(11-5-7-12(20-2)8-6-11)9-13(15(18)19)14(16-17)10-3-4-10/h5-10H,3-4H2,1-2H3/p+1. The summed E-state index contributed by atoms with van der Waals surface area (Å²) in [5.41, 5.74) is 1.99. The van der Waals surface area contributed by atoms with E-state index in [2.05, 4.69) is 5.10 Å². The predicted molar refractivity (Wildman–Crippen MR) is 76.6 cm³/mol. The van der Waals surface area contributed by atoms with E-state index in [9.17, 15) is 9.90 Å². The number of nitrogens with zero attached hydrogens (tertiary/aromatic N) is 2. The fraction of sp³-hybridized carbons (Fsp3) is 0.333. The van der Waals surface area contributed by atoms with Gasteiger partial charge in [-0.05, 0) is 25.0 Å². The number of methoxy groups -OCH3 is 1. The molecule has 2 aliphatic rings. The highest BCUT2D eigenvalue weighted by Gasteiger charge is 2.43. The number of carbonyl (C=O) groups is 1. The molecule has 0 amide bonds. The van der Waals surface area contributed by atoms with Crippen molar-refractivity contribution in [1.82, 2.24) is 4.59 Å². The summed E-state index contributed by atoms with van der Waals surface area (Å²) in [6, 6.07) is 7.54. The van der Waals surface area contributed by atoms with Gasteiger partial charge < -0.3 is 9.84 Å². The molecule has 1 saturated carbocycles. The van der Waals surface area contributed by atoms with Crippen LogP contribution < -0.4 is 9.33 Å². The molecule has 1 aromatic carbocycles. The molecule has 1 aromatic rings. The van der Waals surface area contributed by atoms with Crippen molar-refractivity contribution in [2.45, 2.75) is 12.8 Å². The summed E-state index contributed by atoms with van der Waals surface area (Å²) < 4.78 is 5.29. The monoisotopic (exact) mass is 273 g/mol. The van der Waals surface area contributed by atoms with Gasteiger partial charge in [-0.3, -0.25) is 0 Å². The number of quaternary nitrogens is 1. The number of hydrogen-bond acceptors (Lipinski definition) is 3. The van der Waals surface area contributed by atoms with Gasteiger partial charge in [0.15, 0.2) is 5.69 Å². The van der Waals surface area contributed by atoms with Crippen LogP contribution in [-0.2, 0) is 4.79 Å². The third-order valence-corrected chi connectivity index (χ3v) is 3.76. The van der Waals surface area contributed by atoms with Gasteiger partial charge in [-0.25, -0.2) is 4.79 Å². The average Bonchev–Trinajstić information content (AvgIpc) is 3.22. The first-order valence-electron chi connectivity index (χ1n) is 6.61. The summed E-state index contributed by atoms with van der Waals surface area (Å²) >= 11 is 0. The predicted octanol–water partition coefficient (Wildman–Crippen LogP) is 2.38. The van der Waals surface area contributed by atoms with Gasteiger partial charge in [-0.1, -0.05) is 5.10 Å². The Hall–Kier alpha value is -2.14. The Morgan fingerprint density at radius 2 is 2.00 bits per heavy atom. The Morgan fingerprint density at radius 3 is 2.50 bits per heavy atom. The van der Waals surface area contributed by atoms with E-state index < -0.39 is 5.97 Å². The van der Waals surface area contributed by atoms with Crippen molar-refractivity contribution in [1.29, 1.82) is 0 Å². The van der Waals surface area contributed by atoms with Crippen LogP contribution in [0, 0.1) is 5.92 Å². The van der Waals surface area contributed by atoms with E-state index in [0.29, 0.717) is 11.5 Å². The van der Waals surface area contributed by atoms with E-state index in [1.54, 1.807) is 13.3 Å². The fourth-order valence-electron chi connectivity index (χ4n) is 2.46. The SMILES string of the molecule is COc1ccc([N+]2(C)C=C(C(=O)O)C(C3CC3)=N2)cc1. The van der Waals surface area contributed by atoms with Crippen LogP contribution in [0.5, 0.6) is 5.75 Å². The lowest BCUT2D eigenvalue weighted by Gasteiger charge is -2.19. The Labute approximate surface area is 117 Å². The summed E-state index contributed by atoms with van der Waals surface area (Å²) in [5.74, 6) is 0.190. The molecule has 0 aromatic heterocycles. The maximum atomic E-state index is 11.4. The molecular weight excluding hydrogens is 256 g/mol. The summed E-state index contributed by atoms with van der Waals surface area (Å²) in [4.78, 5) is 11.4. The Balaban J connectivity index is 2.00. The minimum atomic E-state index is -0.897. The van der Waals surface area contributed by atoms with Crippen molar-refractivity contribution in [3.8, 4) is 5.75 Å². The topological polar surface area (TPSA) is 58.9 Å². The summed E-state index contributed by atoms with van der Waals surface area (Å²) in [7, 11) is 3.51. The molecule has 0 saturated heterocycles. The van der Waals surface area contributed by atoms with Crippen LogP contribution in [0.3, 0.4) is 0 Å². The van der Waals surface area contributed by atoms with Crippen molar-refractivity contribution in [2.24, 2.45) is 11.0 Å². The van der Waals surface area contributed by atoms with E-state index >= 15 is 0 Å². The van der Waals surface area contributed by atoms with Gasteiger partial charge in [0.05, 0.1) is 7.11 Å². The van der Waals surface area contributed by atoms with Gasteiger partial charge in [0, 0.05) is 18.1 Å². The lowest BCUT2D eigenvalue weighted by atomic mass is 10.1. The zero-order valence-electron chi connectivity index (χ0n) is 11.5. The molecule has 1 atom stereocenters. The first-order valence-corrected chi connectivity index (χ1v) is 6.61. The molecule has 1 aliphatic carbocycles. The van der Waals surface area contributed by atoms with Crippen molar-refractivity contribution in [3.05, 3.63) is 36.0 Å². The molecule has 1 fully saturated rings. The van der Waals surface area contributed by atoms with Crippen molar-refractivity contribution in [3.63, 3.8) is 0 Å². The fourth-order valence-corrected chi connectivity index (χ4v) is 2.46. The lowest BCUT2D eigenvalue weighted by Crippen LogP contribution is -2.30. The van der Waals surface area contributed by atoms with Crippen LogP contribution in [0.1, 0.15) is 12.8 Å². The number of rotatable bonds is 4. The van der Waals surface area contributed by atoms with Crippen molar-refractivity contribution >= 4 is 17.4 Å². The third-order valence-electron chi connectivity index (χ3n) is 3.76. The Morgan fingerprint density at radius 1 is 1.35 bits per heavy atom. The van der Waals surface area contributed by atoms with Crippen molar-refractivity contribution < 1.29 is 14.6 Å². The minimum absolute atomic E-state index is 0.150. The van der Waals surface area contributed by atoms with Gasteiger partial charge in [0.2, 0.25) is 0 Å². The van der Waals surface area contributed by atoms with Crippen LogP contribution in [0.4, 0.5) is 5.69 Å². The maximum absolute atomic E-state index is 11.4. The molecule has 1 aliphatic heterocycles. The molecule has 0 bridgehead atoms. The Bertz CT molecular complexity index is 615. The van der Waals surface area contributed by atoms with Gasteiger partial charge in [-0.2, -0.15) is 0 Å². The molecule has 5 nitrogen and oxygen atoms in total. The summed E-state index contributed by atoms with van der Waals surface area (Å²) in [6.07, 6.45) is 3.77. The van der Waals surface area contributed by atoms with E-state index in [4.69, 9.17) is 4.74 Å². The molecule has 1 heterocycles. The molecular formula is C15H17N2O3+. The van der Waals surface area contributed by atoms with Crippen molar-refractivity contribution in [2.75, 3.05) is 14.2 Å². The lowest BCUT2D eigenvalue weighted by molar-refractivity contribution is -0.132. The number of carboxylic acids is 1. The van der Waals surface area contributed by atoms with E-state index in [1.165, 1.54) is 0 Å². The number of ether oxygens (including phenoxy) is 1. The molecule has 3 rings (SSSR count). The zero-order valence-corrected chi connectivity index (χ0v) is 11.5. The second kappa shape index (κ2) is 4.45. The second-order valence-corrected chi connectivity index (χ2v) is 5.33. The zero-order chi connectivity index (χ0) is 14.3. The summed E-state index contributed by atoms with van der Waals surface area (Å²) in [6.45, 7) is 0. The van der Waals surface area contributed by atoms with Gasteiger partial charge in [0.25, 0.3) is 0 Å². The quantitative estimate of drug-likeness (QED) is 0.857. The second-order valence-electron chi connectivity index (χ2n) is 5.33. The van der Waals surface area contributed by atoms with Gasteiger partial charge >= 0.3 is 5.97 Å². The normalized spacial score (nSPS) is 25.1.